The lowest BCUT2D eigenvalue weighted by Crippen LogP contribution is -2.43. The van der Waals surface area contributed by atoms with Crippen molar-refractivity contribution in [1.29, 1.82) is 0 Å². The molecule has 1 aliphatic rings. The highest BCUT2D eigenvalue weighted by Crippen LogP contribution is 2.25. The van der Waals surface area contributed by atoms with E-state index in [2.05, 4.69) is 48.0 Å². The van der Waals surface area contributed by atoms with Gasteiger partial charge in [-0.05, 0) is 30.9 Å². The molecule has 0 unspecified atom stereocenters. The predicted octanol–water partition coefficient (Wildman–Crippen LogP) is 3.50. The zero-order chi connectivity index (χ0) is 18.8. The molecule has 2 rings (SSSR count). The van der Waals surface area contributed by atoms with E-state index in [0.717, 1.165) is 44.0 Å². The summed E-state index contributed by atoms with van der Waals surface area (Å²) in [5, 5.41) is 8.82. The molecule has 0 atom stereocenters. The summed E-state index contributed by atoms with van der Waals surface area (Å²) in [5.41, 5.74) is 0.746. The quantitative estimate of drug-likeness (QED) is 0.840. The van der Waals surface area contributed by atoms with Crippen LogP contribution in [0.25, 0.3) is 0 Å². The Morgan fingerprint density at radius 3 is 2.16 bits per heavy atom. The highest BCUT2D eigenvalue weighted by molar-refractivity contribution is 5.81. The summed E-state index contributed by atoms with van der Waals surface area (Å²) >= 11 is 0. The van der Waals surface area contributed by atoms with Crippen molar-refractivity contribution >= 4 is 11.7 Å². The summed E-state index contributed by atoms with van der Waals surface area (Å²) < 4.78 is 0. The van der Waals surface area contributed by atoms with Crippen molar-refractivity contribution in [2.75, 3.05) is 31.6 Å². The van der Waals surface area contributed by atoms with Crippen molar-refractivity contribution in [3.8, 4) is 0 Å². The zero-order valence-corrected chi connectivity index (χ0v) is 17.0. The van der Waals surface area contributed by atoms with Gasteiger partial charge in [-0.2, -0.15) is 5.10 Å². The fourth-order valence-electron chi connectivity index (χ4n) is 3.28. The van der Waals surface area contributed by atoms with Gasteiger partial charge in [0.1, 0.15) is 0 Å². The minimum atomic E-state index is -0.306. The lowest BCUT2D eigenvalue weighted by molar-refractivity contribution is -0.138. The fraction of sp³-hybridized carbons (Fsp3) is 0.750. The van der Waals surface area contributed by atoms with Gasteiger partial charge < -0.3 is 9.80 Å². The van der Waals surface area contributed by atoms with Crippen LogP contribution in [0.3, 0.4) is 0 Å². The predicted molar refractivity (Wildman–Crippen MR) is 103 cm³/mol. The molecule has 0 aromatic carbocycles. The van der Waals surface area contributed by atoms with Gasteiger partial charge in [0.15, 0.2) is 5.82 Å². The number of hydrogen-bond acceptors (Lipinski definition) is 4. The van der Waals surface area contributed by atoms with Crippen molar-refractivity contribution in [1.82, 2.24) is 15.1 Å². The van der Waals surface area contributed by atoms with Gasteiger partial charge in [-0.25, -0.2) is 0 Å². The average Bonchev–Trinajstić information content (AvgIpc) is 2.53. The van der Waals surface area contributed by atoms with Gasteiger partial charge in [0.05, 0.1) is 5.69 Å². The van der Waals surface area contributed by atoms with Gasteiger partial charge in [0, 0.05) is 37.5 Å². The van der Waals surface area contributed by atoms with E-state index in [4.69, 9.17) is 0 Å². The van der Waals surface area contributed by atoms with Gasteiger partial charge in [-0.1, -0.05) is 41.5 Å². The molecule has 1 aromatic rings. The summed E-state index contributed by atoms with van der Waals surface area (Å²) in [4.78, 5) is 16.5. The lowest BCUT2D eigenvalue weighted by Gasteiger charge is -2.35. The third kappa shape index (κ3) is 5.16. The molecule has 5 heteroatoms. The van der Waals surface area contributed by atoms with Gasteiger partial charge in [0.2, 0.25) is 5.91 Å². The molecule has 140 valence electrons. The first kappa shape index (κ1) is 19.7. The number of nitrogens with zero attached hydrogens (tertiary/aromatic N) is 4. The second-order valence-corrected chi connectivity index (χ2v) is 9.39. The summed E-state index contributed by atoms with van der Waals surface area (Å²) in [7, 11) is 1.93. The maximum atomic E-state index is 12.3. The zero-order valence-electron chi connectivity index (χ0n) is 17.0. The van der Waals surface area contributed by atoms with E-state index in [9.17, 15) is 4.79 Å². The lowest BCUT2D eigenvalue weighted by atomic mass is 9.92. The number of rotatable bonds is 3. The van der Waals surface area contributed by atoms with Gasteiger partial charge >= 0.3 is 0 Å². The van der Waals surface area contributed by atoms with Crippen molar-refractivity contribution in [2.45, 2.75) is 59.8 Å². The first-order valence-corrected chi connectivity index (χ1v) is 9.33. The molecule has 1 saturated heterocycles. The summed E-state index contributed by atoms with van der Waals surface area (Å²) in [6.45, 7) is 15.2. The Morgan fingerprint density at radius 2 is 1.72 bits per heavy atom. The molecular weight excluding hydrogens is 312 g/mol. The molecule has 0 aliphatic carbocycles. The summed E-state index contributed by atoms with van der Waals surface area (Å²) in [5.74, 6) is 1.75. The number of amides is 1. The highest BCUT2D eigenvalue weighted by Gasteiger charge is 2.28. The third-order valence-corrected chi connectivity index (χ3v) is 4.88. The SMILES string of the molecule is CN(CC1CCN(c2ccc(C(C)(C)C)nn2)CC1)C(=O)C(C)(C)C. The Bertz CT molecular complexity index is 575. The van der Waals surface area contributed by atoms with E-state index < -0.39 is 0 Å². The van der Waals surface area contributed by atoms with Crippen LogP contribution >= 0.6 is 0 Å². The van der Waals surface area contributed by atoms with Crippen LogP contribution in [-0.4, -0.2) is 47.7 Å². The van der Waals surface area contributed by atoms with Gasteiger partial charge in [0.25, 0.3) is 0 Å². The maximum Gasteiger partial charge on any atom is 0.227 e. The average molecular weight is 347 g/mol. The third-order valence-electron chi connectivity index (χ3n) is 4.88. The Labute approximate surface area is 152 Å². The normalized spacial score (nSPS) is 16.8. The number of carbonyl (C=O) groups excluding carboxylic acids is 1. The Hall–Kier alpha value is -1.65. The van der Waals surface area contributed by atoms with Crippen molar-refractivity contribution in [3.63, 3.8) is 0 Å². The topological polar surface area (TPSA) is 49.3 Å². The van der Waals surface area contributed by atoms with Crippen molar-refractivity contribution in [2.24, 2.45) is 11.3 Å². The molecule has 25 heavy (non-hydrogen) atoms. The maximum absolute atomic E-state index is 12.3. The van der Waals surface area contributed by atoms with Gasteiger partial charge in [-0.3, -0.25) is 4.79 Å². The van der Waals surface area contributed by atoms with Gasteiger partial charge in [-0.15, -0.1) is 5.10 Å². The Balaban J connectivity index is 1.88. The Morgan fingerprint density at radius 1 is 1.12 bits per heavy atom. The van der Waals surface area contributed by atoms with E-state index in [1.165, 1.54) is 0 Å². The molecule has 0 N–H and O–H groups in total. The molecule has 0 radical (unpaired) electrons. The number of aromatic nitrogens is 2. The smallest absolute Gasteiger partial charge is 0.227 e. The molecule has 2 heterocycles. The van der Waals surface area contributed by atoms with Crippen LogP contribution in [-0.2, 0) is 10.2 Å². The van der Waals surface area contributed by atoms with Crippen LogP contribution in [0.2, 0.25) is 0 Å². The molecule has 0 saturated carbocycles. The highest BCUT2D eigenvalue weighted by atomic mass is 16.2. The Kier molecular flexibility index (Phi) is 5.75. The van der Waals surface area contributed by atoms with E-state index >= 15 is 0 Å². The fourth-order valence-corrected chi connectivity index (χ4v) is 3.28. The first-order chi connectivity index (χ1) is 11.5. The molecule has 0 spiro atoms. The molecular formula is C20H34N4O. The molecule has 5 nitrogen and oxygen atoms in total. The van der Waals surface area contributed by atoms with E-state index in [-0.39, 0.29) is 16.7 Å². The van der Waals surface area contributed by atoms with E-state index in [0.29, 0.717) is 5.92 Å². The molecule has 0 bridgehead atoms. The van der Waals surface area contributed by atoms with Crippen LogP contribution in [0.15, 0.2) is 12.1 Å². The largest absolute Gasteiger partial charge is 0.355 e. The van der Waals surface area contributed by atoms with Crippen LogP contribution in [0.5, 0.6) is 0 Å². The second kappa shape index (κ2) is 7.30. The number of hydrogen-bond donors (Lipinski definition) is 0. The summed E-state index contributed by atoms with van der Waals surface area (Å²) in [6, 6.07) is 4.17. The second-order valence-electron chi connectivity index (χ2n) is 9.39. The molecule has 1 aromatic heterocycles. The van der Waals surface area contributed by atoms with E-state index in [1.807, 2.05) is 32.7 Å². The minimum Gasteiger partial charge on any atom is -0.355 e. The van der Waals surface area contributed by atoms with Crippen molar-refractivity contribution in [3.05, 3.63) is 17.8 Å². The van der Waals surface area contributed by atoms with E-state index in [1.54, 1.807) is 0 Å². The first-order valence-electron chi connectivity index (χ1n) is 9.33. The number of anilines is 1. The molecule has 1 amide bonds. The number of piperidine rings is 1. The van der Waals surface area contributed by atoms with Crippen molar-refractivity contribution < 1.29 is 4.79 Å². The minimum absolute atomic E-state index is 0.0305. The molecule has 1 aliphatic heterocycles. The van der Waals surface area contributed by atoms with Crippen LogP contribution in [0.4, 0.5) is 5.82 Å². The number of carbonyl (C=O) groups is 1. The van der Waals surface area contributed by atoms with Crippen LogP contribution in [0.1, 0.15) is 60.1 Å². The van der Waals surface area contributed by atoms with Crippen LogP contribution < -0.4 is 4.90 Å². The standard InChI is InChI=1S/C20H34N4O/c1-19(2,3)16-8-9-17(22-21-16)24-12-10-15(11-13-24)14-23(7)18(25)20(4,5)6/h8-9,15H,10-14H2,1-7H3. The van der Waals surface area contributed by atoms with Crippen LogP contribution in [0, 0.1) is 11.3 Å². The monoisotopic (exact) mass is 346 g/mol. The summed E-state index contributed by atoms with van der Waals surface area (Å²) in [6.07, 6.45) is 2.18. The molecule has 1 fully saturated rings.